The molecule has 312 valence electrons. The maximum absolute atomic E-state index is 13.0. The highest BCUT2D eigenvalue weighted by atomic mass is 16.5. The number of aromatic nitrogens is 2. The number of unbranched alkanes of at least 4 members (excludes halogenated alkanes) is 28. The standard InChI is InChI=1S/C48H80N2O5/c1-5-7-9-11-13-15-17-19-21-23-25-27-29-31-33-35-37-49-39-43(47(53)45(51)41(49)3)55-44-40-50(42(4)46(52)48(44)54)38-36-34-32-30-28-26-24-22-20-18-16-14-12-10-8-6-2/h35-40,51-52H,5-34H2,1-4H3. The Balaban J connectivity index is 1.76. The minimum atomic E-state index is -0.700. The van der Waals surface area contributed by atoms with E-state index < -0.39 is 22.4 Å². The minimum Gasteiger partial charge on any atom is -0.503 e. The van der Waals surface area contributed by atoms with E-state index in [4.69, 9.17) is 4.74 Å². The van der Waals surface area contributed by atoms with Crippen LogP contribution in [-0.2, 0) is 0 Å². The summed E-state index contributed by atoms with van der Waals surface area (Å²) in [5, 5.41) is 21.2. The number of ether oxygens (including phenoxy) is 1. The van der Waals surface area contributed by atoms with E-state index in [-0.39, 0.29) is 11.5 Å². The largest absolute Gasteiger partial charge is 0.503 e. The lowest BCUT2D eigenvalue weighted by atomic mass is 10.0. The second kappa shape index (κ2) is 30.9. The van der Waals surface area contributed by atoms with Crippen LogP contribution in [-0.4, -0.2) is 19.3 Å². The Hall–Kier alpha value is -3.22. The third-order valence-electron chi connectivity index (χ3n) is 11.1. The average Bonchev–Trinajstić information content (AvgIpc) is 3.18. The second-order valence-electron chi connectivity index (χ2n) is 16.0. The van der Waals surface area contributed by atoms with Gasteiger partial charge in [0.2, 0.25) is 0 Å². The SMILES string of the molecule is CCCCCCCCCCCCCCCCC=Cn1cc(Oc2cn(C=CCCCCCCCCCCCCCCCC)c(C)c(O)c2=O)c(=O)c(O)c1C. The molecular formula is C48H80N2O5. The normalized spacial score (nSPS) is 11.8. The molecule has 0 unspecified atom stereocenters. The fourth-order valence-electron chi connectivity index (χ4n) is 7.23. The predicted molar refractivity (Wildman–Crippen MR) is 235 cm³/mol. The van der Waals surface area contributed by atoms with Crippen molar-refractivity contribution in [3.8, 4) is 23.0 Å². The van der Waals surface area contributed by atoms with Crippen LogP contribution in [0.2, 0.25) is 0 Å². The van der Waals surface area contributed by atoms with E-state index in [0.29, 0.717) is 11.4 Å². The highest BCUT2D eigenvalue weighted by Gasteiger charge is 2.17. The summed E-state index contributed by atoms with van der Waals surface area (Å²) in [6.45, 7) is 7.88. The topological polar surface area (TPSA) is 93.7 Å². The average molecular weight is 765 g/mol. The Morgan fingerprint density at radius 2 is 0.709 bits per heavy atom. The molecule has 0 radical (unpaired) electrons. The molecule has 55 heavy (non-hydrogen) atoms. The summed E-state index contributed by atoms with van der Waals surface area (Å²) in [5.74, 6) is -1.21. The highest BCUT2D eigenvalue weighted by Crippen LogP contribution is 2.24. The van der Waals surface area contributed by atoms with Crippen molar-refractivity contribution in [3.63, 3.8) is 0 Å². The number of pyridine rings is 2. The van der Waals surface area contributed by atoms with Crippen molar-refractivity contribution >= 4 is 12.4 Å². The van der Waals surface area contributed by atoms with Crippen molar-refractivity contribution in [2.75, 3.05) is 0 Å². The Kier molecular flexibility index (Phi) is 27.0. The quantitative estimate of drug-likeness (QED) is 0.0692. The Morgan fingerprint density at radius 3 is 0.982 bits per heavy atom. The fourth-order valence-corrected chi connectivity index (χ4v) is 7.23. The maximum atomic E-state index is 13.0. The molecule has 0 aromatic carbocycles. The molecule has 0 spiro atoms. The lowest BCUT2D eigenvalue weighted by molar-refractivity contribution is 0.420. The van der Waals surface area contributed by atoms with E-state index in [1.54, 1.807) is 23.0 Å². The summed E-state index contributed by atoms with van der Waals surface area (Å²) in [6.07, 6.45) is 49.5. The molecule has 0 saturated heterocycles. The summed E-state index contributed by atoms with van der Waals surface area (Å²) in [5.41, 5.74) is -0.614. The van der Waals surface area contributed by atoms with Gasteiger partial charge in [0.1, 0.15) is 0 Å². The summed E-state index contributed by atoms with van der Waals surface area (Å²) >= 11 is 0. The molecule has 0 aliphatic carbocycles. The van der Waals surface area contributed by atoms with Crippen LogP contribution in [0.25, 0.3) is 12.4 Å². The zero-order valence-electron chi connectivity index (χ0n) is 35.7. The van der Waals surface area contributed by atoms with Gasteiger partial charge in [0, 0.05) is 12.4 Å². The van der Waals surface area contributed by atoms with Gasteiger partial charge in [-0.25, -0.2) is 0 Å². The molecule has 2 heterocycles. The predicted octanol–water partition coefficient (Wildman–Crippen LogP) is 14.5. The van der Waals surface area contributed by atoms with Crippen molar-refractivity contribution in [1.29, 1.82) is 0 Å². The lowest BCUT2D eigenvalue weighted by Crippen LogP contribution is -2.15. The van der Waals surface area contributed by atoms with Crippen LogP contribution in [0.1, 0.15) is 218 Å². The van der Waals surface area contributed by atoms with Crippen molar-refractivity contribution in [2.45, 2.75) is 220 Å². The molecule has 0 fully saturated rings. The minimum absolute atomic E-state index is 0.178. The Labute approximate surface area is 335 Å². The highest BCUT2D eigenvalue weighted by molar-refractivity contribution is 5.45. The zero-order chi connectivity index (χ0) is 39.9. The van der Waals surface area contributed by atoms with E-state index in [9.17, 15) is 19.8 Å². The number of hydrogen-bond acceptors (Lipinski definition) is 5. The molecule has 0 atom stereocenters. The van der Waals surface area contributed by atoms with E-state index in [2.05, 4.69) is 13.8 Å². The third-order valence-corrected chi connectivity index (χ3v) is 11.1. The molecule has 0 amide bonds. The first-order chi connectivity index (χ1) is 26.8. The van der Waals surface area contributed by atoms with Gasteiger partial charge in [-0.05, 0) is 39.5 Å². The van der Waals surface area contributed by atoms with Crippen LogP contribution in [0.3, 0.4) is 0 Å². The van der Waals surface area contributed by atoms with E-state index in [0.717, 1.165) is 25.7 Å². The molecule has 2 N–H and O–H groups in total. The van der Waals surface area contributed by atoms with E-state index in [1.165, 1.54) is 179 Å². The van der Waals surface area contributed by atoms with Gasteiger partial charge >= 0.3 is 0 Å². The number of rotatable bonds is 34. The van der Waals surface area contributed by atoms with Crippen molar-refractivity contribution in [3.05, 3.63) is 56.4 Å². The molecular weight excluding hydrogens is 685 g/mol. The van der Waals surface area contributed by atoms with Gasteiger partial charge in [0.05, 0.1) is 23.8 Å². The van der Waals surface area contributed by atoms with Gasteiger partial charge in [-0.1, -0.05) is 193 Å². The number of allylic oxidation sites excluding steroid dienone is 2. The molecule has 0 aliphatic rings. The molecule has 7 nitrogen and oxygen atoms in total. The number of hydrogen-bond donors (Lipinski definition) is 2. The summed E-state index contributed by atoms with van der Waals surface area (Å²) < 4.78 is 9.11. The summed E-state index contributed by atoms with van der Waals surface area (Å²) in [4.78, 5) is 25.9. The molecule has 0 bridgehead atoms. The first kappa shape index (κ1) is 47.9. The Morgan fingerprint density at radius 1 is 0.455 bits per heavy atom. The second-order valence-corrected chi connectivity index (χ2v) is 16.0. The Bertz CT molecular complexity index is 1360. The van der Waals surface area contributed by atoms with Gasteiger partial charge in [-0.15, -0.1) is 0 Å². The van der Waals surface area contributed by atoms with Crippen LogP contribution in [0.5, 0.6) is 23.0 Å². The van der Waals surface area contributed by atoms with Gasteiger partial charge in [-0.2, -0.15) is 0 Å². The first-order valence-electron chi connectivity index (χ1n) is 22.7. The summed E-state index contributed by atoms with van der Waals surface area (Å²) in [6, 6.07) is 0. The van der Waals surface area contributed by atoms with Crippen LogP contribution in [0.4, 0.5) is 0 Å². The molecule has 0 aliphatic heterocycles. The van der Waals surface area contributed by atoms with Crippen LogP contribution in [0, 0.1) is 13.8 Å². The summed E-state index contributed by atoms with van der Waals surface area (Å²) in [7, 11) is 0. The van der Waals surface area contributed by atoms with Crippen molar-refractivity contribution in [1.82, 2.24) is 9.13 Å². The van der Waals surface area contributed by atoms with Gasteiger partial charge < -0.3 is 24.1 Å². The van der Waals surface area contributed by atoms with E-state index in [1.807, 2.05) is 24.6 Å². The van der Waals surface area contributed by atoms with Crippen molar-refractivity contribution in [2.24, 2.45) is 0 Å². The van der Waals surface area contributed by atoms with E-state index >= 15 is 0 Å². The zero-order valence-corrected chi connectivity index (χ0v) is 35.7. The molecule has 7 heteroatoms. The van der Waals surface area contributed by atoms with Gasteiger partial charge in [0.25, 0.3) is 10.9 Å². The van der Waals surface area contributed by atoms with Gasteiger partial charge in [0.15, 0.2) is 23.0 Å². The lowest BCUT2D eigenvalue weighted by Gasteiger charge is -2.13. The number of nitrogens with zero attached hydrogens (tertiary/aromatic N) is 2. The fraction of sp³-hybridized carbons (Fsp3) is 0.708. The monoisotopic (exact) mass is 765 g/mol. The third kappa shape index (κ3) is 20.5. The maximum Gasteiger partial charge on any atom is 0.265 e. The van der Waals surface area contributed by atoms with Gasteiger partial charge in [-0.3, -0.25) is 9.59 Å². The molecule has 2 aromatic rings. The molecule has 0 saturated carbocycles. The van der Waals surface area contributed by atoms with Crippen LogP contribution in [0.15, 0.2) is 34.1 Å². The number of aromatic hydroxyl groups is 2. The van der Waals surface area contributed by atoms with Crippen LogP contribution < -0.4 is 15.6 Å². The molecule has 2 rings (SSSR count). The van der Waals surface area contributed by atoms with Crippen LogP contribution >= 0.6 is 0 Å². The first-order valence-corrected chi connectivity index (χ1v) is 22.7. The molecule has 2 aromatic heterocycles. The van der Waals surface area contributed by atoms with Crippen molar-refractivity contribution < 1.29 is 14.9 Å². The smallest absolute Gasteiger partial charge is 0.265 e.